The molecular weight excluding hydrogens is 209 g/mol. The lowest BCUT2D eigenvalue weighted by atomic mass is 9.82. The first-order valence-electron chi connectivity index (χ1n) is 5.32. The first-order valence-corrected chi connectivity index (χ1v) is 5.32. The molecule has 1 heterocycles. The SMILES string of the molecule is CCC1(C(=O)Nc2ccccc2F)COC1. The summed E-state index contributed by atoms with van der Waals surface area (Å²) in [5, 5.41) is 2.61. The molecule has 0 spiro atoms. The quantitative estimate of drug-likeness (QED) is 0.853. The second-order valence-electron chi connectivity index (χ2n) is 4.06. The highest BCUT2D eigenvalue weighted by Crippen LogP contribution is 2.32. The van der Waals surface area contributed by atoms with Crippen molar-refractivity contribution in [2.75, 3.05) is 18.5 Å². The summed E-state index contributed by atoms with van der Waals surface area (Å²) in [4.78, 5) is 11.9. The van der Waals surface area contributed by atoms with Crippen molar-refractivity contribution >= 4 is 11.6 Å². The second-order valence-corrected chi connectivity index (χ2v) is 4.06. The van der Waals surface area contributed by atoms with Crippen molar-refractivity contribution in [3.63, 3.8) is 0 Å². The van der Waals surface area contributed by atoms with Crippen LogP contribution in [0.4, 0.5) is 10.1 Å². The number of halogens is 1. The van der Waals surface area contributed by atoms with Crippen molar-refractivity contribution in [2.24, 2.45) is 5.41 Å². The Morgan fingerprint density at radius 2 is 2.19 bits per heavy atom. The van der Waals surface area contributed by atoms with E-state index in [4.69, 9.17) is 4.74 Å². The van der Waals surface area contributed by atoms with Crippen LogP contribution in [0, 0.1) is 11.2 Å². The minimum atomic E-state index is -0.470. The fourth-order valence-electron chi connectivity index (χ4n) is 1.66. The molecule has 1 aromatic rings. The molecule has 1 aromatic carbocycles. The molecule has 0 radical (unpaired) electrons. The van der Waals surface area contributed by atoms with Gasteiger partial charge in [0.25, 0.3) is 0 Å². The van der Waals surface area contributed by atoms with Gasteiger partial charge in [0.1, 0.15) is 5.82 Å². The Morgan fingerprint density at radius 1 is 1.50 bits per heavy atom. The van der Waals surface area contributed by atoms with Gasteiger partial charge in [-0.15, -0.1) is 0 Å². The molecule has 4 heteroatoms. The number of anilines is 1. The minimum absolute atomic E-state index is 0.161. The minimum Gasteiger partial charge on any atom is -0.379 e. The molecule has 0 aliphatic carbocycles. The molecule has 86 valence electrons. The third kappa shape index (κ3) is 1.80. The standard InChI is InChI=1S/C12H14FNO2/c1-2-12(7-16-8-12)11(15)14-10-6-4-3-5-9(10)13/h3-6H,2,7-8H2,1H3,(H,14,15). The van der Waals surface area contributed by atoms with E-state index >= 15 is 0 Å². The van der Waals surface area contributed by atoms with Crippen molar-refractivity contribution in [1.29, 1.82) is 0 Å². The molecule has 1 aliphatic heterocycles. The summed E-state index contributed by atoms with van der Waals surface area (Å²) >= 11 is 0. The van der Waals surface area contributed by atoms with Crippen molar-refractivity contribution in [3.05, 3.63) is 30.1 Å². The van der Waals surface area contributed by atoms with Gasteiger partial charge in [0.05, 0.1) is 24.3 Å². The van der Waals surface area contributed by atoms with Gasteiger partial charge >= 0.3 is 0 Å². The van der Waals surface area contributed by atoms with Crippen LogP contribution in [0.25, 0.3) is 0 Å². The fourth-order valence-corrected chi connectivity index (χ4v) is 1.66. The Labute approximate surface area is 93.6 Å². The highest BCUT2D eigenvalue weighted by molar-refractivity contribution is 5.96. The molecule has 16 heavy (non-hydrogen) atoms. The maximum atomic E-state index is 13.3. The summed E-state index contributed by atoms with van der Waals surface area (Å²) in [5.41, 5.74) is -0.241. The number of carbonyl (C=O) groups excluding carboxylic acids is 1. The second kappa shape index (κ2) is 4.22. The maximum absolute atomic E-state index is 13.3. The summed E-state index contributed by atoms with van der Waals surface area (Å²) in [6.45, 7) is 2.77. The fraction of sp³-hybridized carbons (Fsp3) is 0.417. The molecular formula is C12H14FNO2. The zero-order valence-corrected chi connectivity index (χ0v) is 9.13. The van der Waals surface area contributed by atoms with Crippen LogP contribution in [-0.4, -0.2) is 19.1 Å². The predicted octanol–water partition coefficient (Wildman–Crippen LogP) is 2.19. The molecule has 1 fully saturated rings. The van der Waals surface area contributed by atoms with Gasteiger partial charge in [-0.2, -0.15) is 0 Å². The van der Waals surface area contributed by atoms with E-state index in [0.29, 0.717) is 19.6 Å². The van der Waals surface area contributed by atoms with Crippen molar-refractivity contribution in [2.45, 2.75) is 13.3 Å². The van der Waals surface area contributed by atoms with E-state index in [1.165, 1.54) is 6.07 Å². The van der Waals surface area contributed by atoms with E-state index in [-0.39, 0.29) is 11.6 Å². The Morgan fingerprint density at radius 3 is 2.69 bits per heavy atom. The number of amides is 1. The summed E-state index contributed by atoms with van der Waals surface area (Å²) in [5.74, 6) is -0.575. The van der Waals surface area contributed by atoms with Crippen LogP contribution >= 0.6 is 0 Å². The van der Waals surface area contributed by atoms with Gasteiger partial charge in [0.2, 0.25) is 5.91 Å². The molecule has 0 aromatic heterocycles. The first-order chi connectivity index (χ1) is 7.68. The van der Waals surface area contributed by atoms with E-state index in [9.17, 15) is 9.18 Å². The van der Waals surface area contributed by atoms with Crippen molar-refractivity contribution in [1.82, 2.24) is 0 Å². The van der Waals surface area contributed by atoms with E-state index in [2.05, 4.69) is 5.32 Å². The lowest BCUT2D eigenvalue weighted by molar-refractivity contribution is -0.156. The van der Waals surface area contributed by atoms with E-state index in [1.807, 2.05) is 6.92 Å². The zero-order valence-electron chi connectivity index (χ0n) is 9.13. The average Bonchev–Trinajstić information content (AvgIpc) is 2.21. The van der Waals surface area contributed by atoms with Crippen LogP contribution in [0.2, 0.25) is 0 Å². The lowest BCUT2D eigenvalue weighted by Crippen LogP contribution is -2.51. The molecule has 1 amide bonds. The average molecular weight is 223 g/mol. The summed E-state index contributed by atoms with van der Waals surface area (Å²) < 4.78 is 18.4. The zero-order chi connectivity index (χ0) is 11.6. The number of carbonyl (C=O) groups is 1. The van der Waals surface area contributed by atoms with Crippen LogP contribution < -0.4 is 5.32 Å². The van der Waals surface area contributed by atoms with Gasteiger partial charge in [-0.1, -0.05) is 19.1 Å². The van der Waals surface area contributed by atoms with Crippen LogP contribution in [-0.2, 0) is 9.53 Å². The lowest BCUT2D eigenvalue weighted by Gasteiger charge is -2.38. The predicted molar refractivity (Wildman–Crippen MR) is 58.6 cm³/mol. The number of rotatable bonds is 3. The Hall–Kier alpha value is -1.42. The van der Waals surface area contributed by atoms with Gasteiger partial charge < -0.3 is 10.1 Å². The molecule has 0 unspecified atom stereocenters. The van der Waals surface area contributed by atoms with Gasteiger partial charge in [0.15, 0.2) is 0 Å². The summed E-state index contributed by atoms with van der Waals surface area (Å²) in [7, 11) is 0. The number of nitrogens with one attached hydrogen (secondary N) is 1. The van der Waals surface area contributed by atoms with Gasteiger partial charge in [-0.25, -0.2) is 4.39 Å². The molecule has 1 saturated heterocycles. The molecule has 2 rings (SSSR count). The van der Waals surface area contributed by atoms with Crippen LogP contribution in [0.15, 0.2) is 24.3 Å². The smallest absolute Gasteiger partial charge is 0.235 e. The van der Waals surface area contributed by atoms with Crippen molar-refractivity contribution in [3.8, 4) is 0 Å². The van der Waals surface area contributed by atoms with Gasteiger partial charge in [-0.05, 0) is 18.6 Å². The third-order valence-corrected chi connectivity index (χ3v) is 3.04. The van der Waals surface area contributed by atoms with Gasteiger partial charge in [0, 0.05) is 0 Å². The normalized spacial score (nSPS) is 17.6. The molecule has 0 atom stereocenters. The Balaban J connectivity index is 2.10. The monoisotopic (exact) mass is 223 g/mol. The topological polar surface area (TPSA) is 38.3 Å². The van der Waals surface area contributed by atoms with Crippen LogP contribution in [0.5, 0.6) is 0 Å². The molecule has 3 nitrogen and oxygen atoms in total. The van der Waals surface area contributed by atoms with E-state index in [1.54, 1.807) is 18.2 Å². The van der Waals surface area contributed by atoms with Crippen LogP contribution in [0.1, 0.15) is 13.3 Å². The molecule has 0 saturated carbocycles. The van der Waals surface area contributed by atoms with Crippen LogP contribution in [0.3, 0.4) is 0 Å². The number of ether oxygens (including phenoxy) is 1. The number of para-hydroxylation sites is 1. The number of benzene rings is 1. The molecule has 1 aliphatic rings. The first kappa shape index (κ1) is 11.1. The number of hydrogen-bond donors (Lipinski definition) is 1. The highest BCUT2D eigenvalue weighted by atomic mass is 19.1. The van der Waals surface area contributed by atoms with Crippen molar-refractivity contribution < 1.29 is 13.9 Å². The molecule has 1 N–H and O–H groups in total. The van der Waals surface area contributed by atoms with Gasteiger partial charge in [-0.3, -0.25) is 4.79 Å². The van der Waals surface area contributed by atoms with E-state index in [0.717, 1.165) is 0 Å². The highest BCUT2D eigenvalue weighted by Gasteiger charge is 2.44. The summed E-state index contributed by atoms with van der Waals surface area (Å²) in [6, 6.07) is 6.16. The maximum Gasteiger partial charge on any atom is 0.235 e. The Kier molecular flexibility index (Phi) is 2.92. The summed E-state index contributed by atoms with van der Waals surface area (Å²) in [6.07, 6.45) is 0.702. The van der Waals surface area contributed by atoms with E-state index < -0.39 is 11.2 Å². The number of hydrogen-bond acceptors (Lipinski definition) is 2. The third-order valence-electron chi connectivity index (χ3n) is 3.04. The molecule has 0 bridgehead atoms. The Bertz CT molecular complexity index is 396. The largest absolute Gasteiger partial charge is 0.379 e.